The number of rotatable bonds is 2. The molecule has 0 spiro atoms. The third-order valence-corrected chi connectivity index (χ3v) is 4.05. The number of anilines is 1. The van der Waals surface area contributed by atoms with E-state index in [1.54, 1.807) is 24.3 Å². The topological polar surface area (TPSA) is 43.1 Å². The standard InChI is InChI=1S/C13H10F3NOP/c14-13(15,16)9-4-6-11(7-5-9)19(18)12-3-1-2-10(17)8-12/h1-8H,17H2/q+1. The minimum atomic E-state index is -4.39. The van der Waals surface area contributed by atoms with E-state index in [4.69, 9.17) is 5.73 Å². The van der Waals surface area contributed by atoms with Crippen molar-refractivity contribution in [3.05, 3.63) is 54.1 Å². The van der Waals surface area contributed by atoms with Crippen LogP contribution >= 0.6 is 7.80 Å². The molecule has 0 aliphatic heterocycles. The maximum Gasteiger partial charge on any atom is 0.416 e. The zero-order chi connectivity index (χ0) is 14.0. The lowest BCUT2D eigenvalue weighted by Crippen LogP contribution is -2.10. The molecule has 0 aliphatic carbocycles. The van der Waals surface area contributed by atoms with Crippen LogP contribution in [0.25, 0.3) is 0 Å². The fourth-order valence-electron chi connectivity index (χ4n) is 1.59. The Labute approximate surface area is 108 Å². The Morgan fingerprint density at radius 3 is 2.11 bits per heavy atom. The first-order chi connectivity index (χ1) is 8.88. The van der Waals surface area contributed by atoms with Crippen molar-refractivity contribution < 1.29 is 17.7 Å². The number of nitrogen functional groups attached to an aromatic ring is 1. The highest BCUT2D eigenvalue weighted by atomic mass is 31.1. The number of nitrogens with two attached hydrogens (primary N) is 1. The molecule has 0 heterocycles. The SMILES string of the molecule is Nc1cccc([P+](=O)c2ccc(C(F)(F)F)cc2)c1. The zero-order valence-corrected chi connectivity index (χ0v) is 10.6. The summed E-state index contributed by atoms with van der Waals surface area (Å²) in [5, 5.41) is 0.836. The van der Waals surface area contributed by atoms with Gasteiger partial charge in [-0.15, -0.1) is 0 Å². The fraction of sp³-hybridized carbons (Fsp3) is 0.0769. The van der Waals surface area contributed by atoms with Crippen LogP contribution in [0.3, 0.4) is 0 Å². The molecule has 0 amide bonds. The van der Waals surface area contributed by atoms with Crippen molar-refractivity contribution in [1.82, 2.24) is 0 Å². The van der Waals surface area contributed by atoms with E-state index in [1.807, 2.05) is 0 Å². The molecule has 0 saturated carbocycles. The summed E-state index contributed by atoms with van der Waals surface area (Å²) >= 11 is 0. The van der Waals surface area contributed by atoms with Crippen LogP contribution in [0.2, 0.25) is 0 Å². The Balaban J connectivity index is 2.30. The maximum atomic E-state index is 12.4. The van der Waals surface area contributed by atoms with Crippen LogP contribution in [0.5, 0.6) is 0 Å². The Morgan fingerprint density at radius 2 is 1.58 bits per heavy atom. The normalized spacial score (nSPS) is 12.3. The summed E-state index contributed by atoms with van der Waals surface area (Å²) in [6, 6.07) is 10.8. The lowest BCUT2D eigenvalue weighted by atomic mass is 10.2. The number of hydrogen-bond acceptors (Lipinski definition) is 2. The van der Waals surface area contributed by atoms with Gasteiger partial charge >= 0.3 is 14.0 Å². The Bertz CT molecular complexity index is 608. The van der Waals surface area contributed by atoms with E-state index in [2.05, 4.69) is 0 Å². The number of hydrogen-bond donors (Lipinski definition) is 1. The highest BCUT2D eigenvalue weighted by Gasteiger charge is 2.31. The Kier molecular flexibility index (Phi) is 3.58. The van der Waals surface area contributed by atoms with Crippen LogP contribution < -0.4 is 16.3 Å². The smallest absolute Gasteiger partial charge is 0.399 e. The van der Waals surface area contributed by atoms with Gasteiger partial charge in [0.1, 0.15) is 0 Å². The number of alkyl halides is 3. The third-order valence-electron chi connectivity index (χ3n) is 2.53. The van der Waals surface area contributed by atoms with Crippen LogP contribution in [-0.4, -0.2) is 0 Å². The molecule has 1 atom stereocenters. The number of benzene rings is 2. The monoisotopic (exact) mass is 284 g/mol. The van der Waals surface area contributed by atoms with Gasteiger partial charge in [0, 0.05) is 11.8 Å². The molecule has 0 fully saturated rings. The van der Waals surface area contributed by atoms with Crippen LogP contribution in [0.1, 0.15) is 5.56 Å². The van der Waals surface area contributed by atoms with Crippen LogP contribution in [-0.2, 0) is 10.7 Å². The van der Waals surface area contributed by atoms with E-state index < -0.39 is 19.5 Å². The molecule has 6 heteroatoms. The maximum absolute atomic E-state index is 12.4. The minimum Gasteiger partial charge on any atom is -0.399 e. The van der Waals surface area contributed by atoms with Crippen molar-refractivity contribution in [3.63, 3.8) is 0 Å². The summed E-state index contributed by atoms with van der Waals surface area (Å²) in [4.78, 5) is 0. The van der Waals surface area contributed by atoms with E-state index in [9.17, 15) is 17.7 Å². The van der Waals surface area contributed by atoms with Gasteiger partial charge in [-0.3, -0.25) is 0 Å². The lowest BCUT2D eigenvalue weighted by Gasteiger charge is -2.04. The molecular weight excluding hydrogens is 274 g/mol. The minimum absolute atomic E-state index is 0.341. The summed E-state index contributed by atoms with van der Waals surface area (Å²) in [5.41, 5.74) is 5.29. The molecule has 2 rings (SSSR count). The molecule has 0 radical (unpaired) electrons. The highest BCUT2D eigenvalue weighted by Crippen LogP contribution is 2.29. The summed E-state index contributed by atoms with van der Waals surface area (Å²) < 4.78 is 49.4. The zero-order valence-electron chi connectivity index (χ0n) is 9.69. The first-order valence-electron chi connectivity index (χ1n) is 5.38. The predicted molar refractivity (Wildman–Crippen MR) is 69.2 cm³/mol. The molecule has 2 aromatic rings. The van der Waals surface area contributed by atoms with Crippen LogP contribution in [0.4, 0.5) is 18.9 Å². The van der Waals surface area contributed by atoms with Gasteiger partial charge in [0.2, 0.25) is 0 Å². The largest absolute Gasteiger partial charge is 0.416 e. The van der Waals surface area contributed by atoms with Gasteiger partial charge in [0.15, 0.2) is 10.6 Å². The van der Waals surface area contributed by atoms with Crippen molar-refractivity contribution in [3.8, 4) is 0 Å². The van der Waals surface area contributed by atoms with Crippen molar-refractivity contribution in [2.75, 3.05) is 5.73 Å². The average molecular weight is 284 g/mol. The van der Waals surface area contributed by atoms with E-state index in [-0.39, 0.29) is 0 Å². The fourth-order valence-corrected chi connectivity index (χ4v) is 2.79. The second-order valence-electron chi connectivity index (χ2n) is 3.93. The summed E-state index contributed by atoms with van der Waals surface area (Å²) in [7, 11) is -1.93. The highest BCUT2D eigenvalue weighted by molar-refractivity contribution is 7.61. The van der Waals surface area contributed by atoms with Gasteiger partial charge < -0.3 is 5.73 Å². The van der Waals surface area contributed by atoms with Crippen LogP contribution in [0, 0.1) is 0 Å². The summed E-state index contributed by atoms with van der Waals surface area (Å²) in [6.07, 6.45) is -4.39. The molecule has 2 N–H and O–H groups in total. The summed E-state index contributed by atoms with van der Waals surface area (Å²) in [5.74, 6) is 0. The second kappa shape index (κ2) is 5.02. The molecule has 0 aliphatic rings. The van der Waals surface area contributed by atoms with Gasteiger partial charge in [0.25, 0.3) is 0 Å². The molecular formula is C13H10F3NOP+. The quantitative estimate of drug-likeness (QED) is 0.680. The van der Waals surface area contributed by atoms with E-state index >= 15 is 0 Å². The third kappa shape index (κ3) is 3.12. The molecule has 0 bridgehead atoms. The molecule has 19 heavy (non-hydrogen) atoms. The first kappa shape index (κ1) is 13.6. The molecule has 0 saturated heterocycles. The molecule has 0 aromatic heterocycles. The lowest BCUT2D eigenvalue weighted by molar-refractivity contribution is -0.137. The van der Waals surface area contributed by atoms with E-state index in [0.29, 0.717) is 16.3 Å². The van der Waals surface area contributed by atoms with E-state index in [1.165, 1.54) is 12.1 Å². The molecule has 98 valence electrons. The van der Waals surface area contributed by atoms with Crippen molar-refractivity contribution >= 4 is 24.1 Å². The van der Waals surface area contributed by atoms with Gasteiger partial charge in [-0.25, -0.2) is 0 Å². The van der Waals surface area contributed by atoms with Gasteiger partial charge in [0.05, 0.1) is 5.56 Å². The molecule has 2 nitrogen and oxygen atoms in total. The first-order valence-corrected chi connectivity index (χ1v) is 6.64. The average Bonchev–Trinajstić information content (AvgIpc) is 2.37. The summed E-state index contributed by atoms with van der Waals surface area (Å²) in [6.45, 7) is 0. The van der Waals surface area contributed by atoms with Crippen LogP contribution in [0.15, 0.2) is 48.5 Å². The number of halogens is 3. The van der Waals surface area contributed by atoms with Gasteiger partial charge in [-0.1, -0.05) is 10.6 Å². The molecule has 2 aromatic carbocycles. The van der Waals surface area contributed by atoms with Gasteiger partial charge in [-0.2, -0.15) is 13.2 Å². The second-order valence-corrected chi connectivity index (χ2v) is 5.56. The Morgan fingerprint density at radius 1 is 0.947 bits per heavy atom. The van der Waals surface area contributed by atoms with Crippen molar-refractivity contribution in [2.24, 2.45) is 0 Å². The van der Waals surface area contributed by atoms with Crippen molar-refractivity contribution in [1.29, 1.82) is 0 Å². The molecule has 1 unspecified atom stereocenters. The predicted octanol–water partition coefficient (Wildman–Crippen LogP) is 3.07. The van der Waals surface area contributed by atoms with E-state index in [0.717, 1.165) is 12.1 Å². The Hall–Kier alpha value is -1.87. The van der Waals surface area contributed by atoms with Crippen molar-refractivity contribution in [2.45, 2.75) is 6.18 Å². The van der Waals surface area contributed by atoms with Gasteiger partial charge in [-0.05, 0) is 36.4 Å².